The van der Waals surface area contributed by atoms with Crippen molar-refractivity contribution in [2.75, 3.05) is 0 Å². The van der Waals surface area contributed by atoms with Gasteiger partial charge in [-0.2, -0.15) is 13.9 Å². The molecule has 0 radical (unpaired) electrons. The van der Waals surface area contributed by atoms with E-state index in [1.54, 1.807) is 25.1 Å². The van der Waals surface area contributed by atoms with Gasteiger partial charge in [0, 0.05) is 22.2 Å². The van der Waals surface area contributed by atoms with Crippen molar-refractivity contribution >= 4 is 21.8 Å². The molecule has 2 unspecified atom stereocenters. The van der Waals surface area contributed by atoms with Crippen LogP contribution in [0.5, 0.6) is 0 Å². The van der Waals surface area contributed by atoms with E-state index in [1.165, 1.54) is 18.3 Å². The lowest BCUT2D eigenvalue weighted by atomic mass is 10.0. The molecule has 2 heterocycles. The summed E-state index contributed by atoms with van der Waals surface area (Å²) in [6, 6.07) is 7.14. The van der Waals surface area contributed by atoms with Gasteiger partial charge in [-0.1, -0.05) is 6.07 Å². The molecule has 0 bridgehead atoms. The number of hydrogen-bond donors (Lipinski definition) is 1. The number of fused-ring (bicyclic) bond motifs is 3. The number of halogens is 6. The third kappa shape index (κ3) is 4.34. The molecule has 2 aliphatic carbocycles. The second-order valence-corrected chi connectivity index (χ2v) is 9.86. The second-order valence-electron chi connectivity index (χ2n) is 9.01. The smallest absolute Gasteiger partial charge is 0.293 e. The third-order valence-corrected chi connectivity index (χ3v) is 7.12. The van der Waals surface area contributed by atoms with Gasteiger partial charge in [0.15, 0.2) is 0 Å². The van der Waals surface area contributed by atoms with E-state index in [0.717, 1.165) is 0 Å². The highest BCUT2D eigenvalue weighted by Crippen LogP contribution is 2.68. The maximum atomic E-state index is 14.8. The highest BCUT2D eigenvalue weighted by molar-refractivity contribution is 9.10. The summed E-state index contributed by atoms with van der Waals surface area (Å²) < 4.78 is 71.9. The molecule has 5 nitrogen and oxygen atoms in total. The number of amides is 1. The van der Waals surface area contributed by atoms with Crippen LogP contribution >= 0.6 is 15.9 Å². The first-order valence-electron chi connectivity index (χ1n) is 11.0. The summed E-state index contributed by atoms with van der Waals surface area (Å²) in [6.45, 7) is 1.08. The van der Waals surface area contributed by atoms with Crippen LogP contribution in [0, 0.1) is 18.7 Å². The number of nitrogens with one attached hydrogen (secondary N) is 1. The molecular weight excluding hydrogens is 535 g/mol. The molecule has 3 aromatic rings. The molecule has 1 fully saturated rings. The van der Waals surface area contributed by atoms with Crippen molar-refractivity contribution in [1.29, 1.82) is 0 Å². The Labute approximate surface area is 205 Å². The van der Waals surface area contributed by atoms with Crippen LogP contribution in [-0.4, -0.2) is 20.7 Å². The Morgan fingerprint density at radius 1 is 1.29 bits per heavy atom. The van der Waals surface area contributed by atoms with Crippen molar-refractivity contribution in [3.05, 3.63) is 80.6 Å². The number of aromatic nitrogens is 3. The molecule has 0 aliphatic heterocycles. The first-order valence-corrected chi connectivity index (χ1v) is 11.8. The van der Waals surface area contributed by atoms with Gasteiger partial charge in [0.1, 0.15) is 23.7 Å². The van der Waals surface area contributed by atoms with E-state index in [1.807, 2.05) is 0 Å². The number of alkyl halides is 4. The Morgan fingerprint density at radius 3 is 2.74 bits per heavy atom. The zero-order chi connectivity index (χ0) is 25.1. The first kappa shape index (κ1) is 23.9. The van der Waals surface area contributed by atoms with Gasteiger partial charge in [-0.25, -0.2) is 13.2 Å². The van der Waals surface area contributed by atoms with Crippen LogP contribution in [0.3, 0.4) is 0 Å². The van der Waals surface area contributed by atoms with Gasteiger partial charge >= 0.3 is 0 Å². The van der Waals surface area contributed by atoms with Crippen molar-refractivity contribution in [1.82, 2.24) is 20.1 Å². The lowest BCUT2D eigenvalue weighted by Gasteiger charge is -2.21. The van der Waals surface area contributed by atoms with E-state index in [-0.39, 0.29) is 18.4 Å². The van der Waals surface area contributed by atoms with E-state index in [2.05, 4.69) is 31.3 Å². The van der Waals surface area contributed by atoms with Crippen LogP contribution in [0.2, 0.25) is 0 Å². The summed E-state index contributed by atoms with van der Waals surface area (Å²) in [4.78, 5) is 17.3. The Morgan fingerprint density at radius 2 is 2.06 bits per heavy atom. The van der Waals surface area contributed by atoms with Crippen LogP contribution in [0.1, 0.15) is 58.6 Å². The molecule has 2 aliphatic rings. The zero-order valence-corrected chi connectivity index (χ0v) is 20.0. The van der Waals surface area contributed by atoms with Gasteiger partial charge in [0.05, 0.1) is 11.7 Å². The Hall–Kier alpha value is -2.82. The molecule has 0 spiro atoms. The van der Waals surface area contributed by atoms with E-state index < -0.39 is 59.9 Å². The largest absolute Gasteiger partial charge is 0.346 e. The normalized spacial score (nSPS) is 20.5. The molecular formula is C24H20BrF5N4O. The number of benzene rings is 1. The number of hydrogen-bond acceptors (Lipinski definition) is 3. The molecule has 35 heavy (non-hydrogen) atoms. The van der Waals surface area contributed by atoms with Crippen molar-refractivity contribution in [3.63, 3.8) is 0 Å². The number of rotatable bonds is 7. The van der Waals surface area contributed by atoms with Crippen molar-refractivity contribution < 1.29 is 26.7 Å². The lowest BCUT2D eigenvalue weighted by molar-refractivity contribution is -0.123. The van der Waals surface area contributed by atoms with E-state index in [4.69, 9.17) is 0 Å². The fraction of sp³-hybridized carbons (Fsp3) is 0.375. The number of pyridine rings is 1. The highest BCUT2D eigenvalue weighted by atomic mass is 79.9. The molecule has 1 saturated carbocycles. The van der Waals surface area contributed by atoms with Gasteiger partial charge in [-0.15, -0.1) is 0 Å². The molecule has 11 heteroatoms. The quantitative estimate of drug-likeness (QED) is 0.379. The van der Waals surface area contributed by atoms with Crippen LogP contribution in [0.25, 0.3) is 0 Å². The van der Waals surface area contributed by atoms with E-state index in [0.29, 0.717) is 26.0 Å². The minimum absolute atomic E-state index is 0.123. The molecule has 1 aromatic carbocycles. The minimum atomic E-state index is -3.32. The molecule has 1 N–H and O–H groups in total. The first-order chi connectivity index (χ1) is 16.6. The predicted octanol–water partition coefficient (Wildman–Crippen LogP) is 5.73. The number of nitrogens with zero attached hydrogens (tertiary/aromatic N) is 3. The van der Waals surface area contributed by atoms with Crippen molar-refractivity contribution in [2.45, 2.75) is 50.6 Å². The number of carbonyl (C=O) groups excluding carboxylic acids is 1. The van der Waals surface area contributed by atoms with Gasteiger partial charge in [-0.05, 0) is 77.0 Å². The van der Waals surface area contributed by atoms with E-state index >= 15 is 0 Å². The molecule has 1 amide bonds. The van der Waals surface area contributed by atoms with Crippen LogP contribution in [0.4, 0.5) is 22.0 Å². The number of carbonyl (C=O) groups is 1. The second kappa shape index (κ2) is 8.69. The van der Waals surface area contributed by atoms with Crippen LogP contribution in [0.15, 0.2) is 41.0 Å². The molecule has 2 aromatic heterocycles. The summed E-state index contributed by atoms with van der Waals surface area (Å²) in [5.41, 5.74) is 0.335. The third-order valence-electron chi connectivity index (χ3n) is 6.45. The average Bonchev–Trinajstić information content (AvgIpc) is 3.42. The Bertz CT molecular complexity index is 1290. The molecule has 5 rings (SSSR count). The van der Waals surface area contributed by atoms with Gasteiger partial charge < -0.3 is 5.32 Å². The van der Waals surface area contributed by atoms with Crippen molar-refractivity contribution in [2.24, 2.45) is 5.92 Å². The highest BCUT2D eigenvalue weighted by Gasteiger charge is 2.67. The number of aryl methyl sites for hydroxylation is 1. The minimum Gasteiger partial charge on any atom is -0.346 e. The topological polar surface area (TPSA) is 59.8 Å². The standard InChI is InChI=1S/C24H20BrF5N4O/c1-11-5-12(7-13(26)6-11)8-17(20-16(25)3-2-4-31-20)32-18(35)10-34-22-19(21(33-34)23(27)28)14-9-15(14)24(22,29)30/h2-7,14-15,17,23H,8-10H2,1H3,(H,32,35)/t14?,15?,17-/m0/s1. The Balaban J connectivity index is 1.43. The van der Waals surface area contributed by atoms with Crippen LogP contribution < -0.4 is 5.32 Å². The van der Waals surface area contributed by atoms with Gasteiger partial charge in [0.2, 0.25) is 5.91 Å². The van der Waals surface area contributed by atoms with Gasteiger partial charge in [0.25, 0.3) is 12.3 Å². The van der Waals surface area contributed by atoms with E-state index in [9.17, 15) is 26.7 Å². The summed E-state index contributed by atoms with van der Waals surface area (Å²) in [5, 5.41) is 6.44. The summed E-state index contributed by atoms with van der Waals surface area (Å²) in [5.74, 6) is -6.12. The molecule has 0 saturated heterocycles. The predicted molar refractivity (Wildman–Crippen MR) is 120 cm³/mol. The molecule has 184 valence electrons. The maximum Gasteiger partial charge on any atom is 0.293 e. The Kier molecular flexibility index (Phi) is 5.93. The monoisotopic (exact) mass is 554 g/mol. The molecule has 3 atom stereocenters. The maximum absolute atomic E-state index is 14.8. The zero-order valence-electron chi connectivity index (χ0n) is 18.4. The fourth-order valence-corrected chi connectivity index (χ4v) is 5.52. The SMILES string of the molecule is Cc1cc(F)cc(C[C@H](NC(=O)Cn2nc(C(F)F)c3c2C(F)(F)C2CC32)c2ncccc2Br)c1. The lowest BCUT2D eigenvalue weighted by Crippen LogP contribution is -2.35. The summed E-state index contributed by atoms with van der Waals surface area (Å²) in [7, 11) is 0. The van der Waals surface area contributed by atoms with Crippen LogP contribution in [-0.2, 0) is 23.7 Å². The van der Waals surface area contributed by atoms with Crippen molar-refractivity contribution in [3.8, 4) is 0 Å². The summed E-state index contributed by atoms with van der Waals surface area (Å²) in [6.07, 6.45) is -1.19. The van der Waals surface area contributed by atoms with Gasteiger partial charge in [-0.3, -0.25) is 14.5 Å². The summed E-state index contributed by atoms with van der Waals surface area (Å²) >= 11 is 3.39. The fourth-order valence-electron chi connectivity index (χ4n) is 4.99. The average molecular weight is 555 g/mol.